The van der Waals surface area contributed by atoms with Crippen LogP contribution in [0.25, 0.3) is 11.1 Å². The molecular formula is C21H25N2O2+. The highest BCUT2D eigenvalue weighted by Crippen LogP contribution is 2.44. The number of ether oxygens (including phenoxy) is 1. The van der Waals surface area contributed by atoms with E-state index in [1.165, 1.54) is 22.3 Å². The van der Waals surface area contributed by atoms with Gasteiger partial charge in [0, 0.05) is 24.9 Å². The quantitative estimate of drug-likeness (QED) is 0.936. The highest BCUT2D eigenvalue weighted by Gasteiger charge is 2.30. The van der Waals surface area contributed by atoms with Crippen LogP contribution in [-0.4, -0.2) is 37.2 Å². The number of hydrogen-bond donors (Lipinski definition) is 1. The van der Waals surface area contributed by atoms with Gasteiger partial charge in [0.25, 0.3) is 0 Å². The molecule has 1 aliphatic carbocycles. The fourth-order valence-corrected chi connectivity index (χ4v) is 4.15. The maximum atomic E-state index is 12.5. The maximum Gasteiger partial charge on any atom is 0.409 e. The predicted octanol–water partition coefficient (Wildman–Crippen LogP) is 2.89. The molecule has 130 valence electrons. The van der Waals surface area contributed by atoms with Gasteiger partial charge in [0.1, 0.15) is 6.61 Å². The highest BCUT2D eigenvalue weighted by molar-refractivity contribution is 5.79. The number of quaternary nitrogens is 1. The Morgan fingerprint density at radius 3 is 2.36 bits per heavy atom. The van der Waals surface area contributed by atoms with Crippen molar-refractivity contribution in [2.24, 2.45) is 5.92 Å². The molecule has 1 amide bonds. The molecule has 25 heavy (non-hydrogen) atoms. The minimum Gasteiger partial charge on any atom is -0.448 e. The van der Waals surface area contributed by atoms with E-state index in [0.717, 1.165) is 32.5 Å². The maximum absolute atomic E-state index is 12.5. The molecule has 0 bridgehead atoms. The lowest BCUT2D eigenvalue weighted by Gasteiger charge is -2.30. The van der Waals surface area contributed by atoms with Gasteiger partial charge >= 0.3 is 6.09 Å². The third kappa shape index (κ3) is 3.02. The second kappa shape index (κ2) is 6.89. The summed E-state index contributed by atoms with van der Waals surface area (Å²) in [5.41, 5.74) is 9.01. The van der Waals surface area contributed by atoms with Crippen LogP contribution in [0.5, 0.6) is 0 Å². The number of benzene rings is 2. The van der Waals surface area contributed by atoms with Crippen LogP contribution < -0.4 is 5.73 Å². The predicted molar refractivity (Wildman–Crippen MR) is 97.1 cm³/mol. The van der Waals surface area contributed by atoms with E-state index >= 15 is 0 Å². The molecule has 4 nitrogen and oxygen atoms in total. The van der Waals surface area contributed by atoms with Crippen molar-refractivity contribution in [3.63, 3.8) is 0 Å². The second-order valence-corrected chi connectivity index (χ2v) is 7.05. The number of piperidine rings is 1. The standard InChI is InChI=1S/C21H24N2O2/c22-12-15-6-5-11-23(13-15)21(24)25-14-20-18-9-3-1-7-16(18)17-8-2-4-10-19(17)20/h1-4,7-10,15,20H,5-6,11-14,22H2/p+1/t15-/m1/s1. The number of hydrogen-bond acceptors (Lipinski definition) is 2. The third-order valence-corrected chi connectivity index (χ3v) is 5.52. The molecule has 4 rings (SSSR count). The Balaban J connectivity index is 1.49. The number of rotatable bonds is 3. The molecule has 2 aromatic carbocycles. The van der Waals surface area contributed by atoms with Gasteiger partial charge in [-0.05, 0) is 35.1 Å². The van der Waals surface area contributed by atoms with Crippen LogP contribution >= 0.6 is 0 Å². The van der Waals surface area contributed by atoms with E-state index in [1.807, 2.05) is 4.90 Å². The third-order valence-electron chi connectivity index (χ3n) is 5.52. The van der Waals surface area contributed by atoms with Gasteiger partial charge in [-0.25, -0.2) is 4.79 Å². The number of amides is 1. The van der Waals surface area contributed by atoms with Crippen molar-refractivity contribution in [3.8, 4) is 11.1 Å². The lowest BCUT2D eigenvalue weighted by molar-refractivity contribution is -0.380. The van der Waals surface area contributed by atoms with Crippen molar-refractivity contribution in [2.45, 2.75) is 18.8 Å². The van der Waals surface area contributed by atoms with Crippen LogP contribution in [0.3, 0.4) is 0 Å². The monoisotopic (exact) mass is 337 g/mol. The molecule has 1 saturated heterocycles. The van der Waals surface area contributed by atoms with Crippen molar-refractivity contribution in [1.29, 1.82) is 0 Å². The minimum atomic E-state index is -0.181. The zero-order valence-corrected chi connectivity index (χ0v) is 14.5. The zero-order chi connectivity index (χ0) is 17.2. The molecule has 0 saturated carbocycles. The first-order valence-electron chi connectivity index (χ1n) is 9.17. The Morgan fingerprint density at radius 2 is 1.72 bits per heavy atom. The Hall–Kier alpha value is -2.33. The number of carbonyl (C=O) groups is 1. The first kappa shape index (κ1) is 16.2. The summed E-state index contributed by atoms with van der Waals surface area (Å²) in [5.74, 6) is 0.638. The number of likely N-dealkylation sites (tertiary alicyclic amines) is 1. The molecule has 1 aliphatic heterocycles. The van der Waals surface area contributed by atoms with Crippen LogP contribution in [0.1, 0.15) is 29.9 Å². The Kier molecular flexibility index (Phi) is 4.45. The summed E-state index contributed by atoms with van der Waals surface area (Å²) in [6.07, 6.45) is 2.03. The number of fused-ring (bicyclic) bond motifs is 3. The Labute approximate surface area is 148 Å². The number of carbonyl (C=O) groups excluding carboxylic acids is 1. The summed E-state index contributed by atoms with van der Waals surface area (Å²) in [5, 5.41) is 0. The lowest BCUT2D eigenvalue weighted by atomic mass is 9.98. The fourth-order valence-electron chi connectivity index (χ4n) is 4.15. The van der Waals surface area contributed by atoms with Gasteiger partial charge in [-0.1, -0.05) is 48.5 Å². The van der Waals surface area contributed by atoms with Crippen molar-refractivity contribution in [3.05, 3.63) is 59.7 Å². The van der Waals surface area contributed by atoms with Gasteiger partial charge in [-0.2, -0.15) is 0 Å². The Bertz CT molecular complexity index is 728. The molecular weight excluding hydrogens is 312 g/mol. The normalized spacial score (nSPS) is 19.4. The highest BCUT2D eigenvalue weighted by atomic mass is 16.6. The van der Waals surface area contributed by atoms with Gasteiger partial charge < -0.3 is 15.4 Å². The van der Waals surface area contributed by atoms with Gasteiger partial charge in [-0.15, -0.1) is 0 Å². The SMILES string of the molecule is [NH3+]C[C@H]1CCCN(C(=O)OCC2c3ccccc3-c3ccccc32)C1. The lowest BCUT2D eigenvalue weighted by Crippen LogP contribution is -2.57. The van der Waals surface area contributed by atoms with E-state index in [4.69, 9.17) is 4.74 Å². The molecule has 2 aromatic rings. The average molecular weight is 337 g/mol. The Morgan fingerprint density at radius 1 is 1.08 bits per heavy atom. The summed E-state index contributed by atoms with van der Waals surface area (Å²) in [4.78, 5) is 14.4. The average Bonchev–Trinajstić information content (AvgIpc) is 3.00. The topological polar surface area (TPSA) is 57.2 Å². The molecule has 1 heterocycles. The fraction of sp³-hybridized carbons (Fsp3) is 0.381. The molecule has 4 heteroatoms. The van der Waals surface area contributed by atoms with Gasteiger partial charge in [-0.3, -0.25) is 0 Å². The van der Waals surface area contributed by atoms with Crippen LogP contribution in [0.4, 0.5) is 4.79 Å². The summed E-state index contributed by atoms with van der Waals surface area (Å²) in [6, 6.07) is 16.8. The molecule has 0 aromatic heterocycles. The molecule has 3 N–H and O–H groups in total. The van der Waals surface area contributed by atoms with E-state index < -0.39 is 0 Å². The van der Waals surface area contributed by atoms with Crippen molar-refractivity contribution in [2.75, 3.05) is 26.2 Å². The first-order chi connectivity index (χ1) is 12.3. The van der Waals surface area contributed by atoms with Crippen molar-refractivity contribution < 1.29 is 15.3 Å². The van der Waals surface area contributed by atoms with Crippen molar-refractivity contribution in [1.82, 2.24) is 4.90 Å². The molecule has 0 radical (unpaired) electrons. The minimum absolute atomic E-state index is 0.129. The van der Waals surface area contributed by atoms with Crippen LogP contribution in [0.2, 0.25) is 0 Å². The van der Waals surface area contributed by atoms with Gasteiger partial charge in [0.05, 0.1) is 6.54 Å². The molecule has 2 aliphatic rings. The van der Waals surface area contributed by atoms with E-state index in [-0.39, 0.29) is 12.0 Å². The van der Waals surface area contributed by atoms with Crippen LogP contribution in [-0.2, 0) is 4.74 Å². The van der Waals surface area contributed by atoms with Gasteiger partial charge in [0.15, 0.2) is 0 Å². The zero-order valence-electron chi connectivity index (χ0n) is 14.5. The molecule has 1 fully saturated rings. The van der Waals surface area contributed by atoms with Gasteiger partial charge in [0.2, 0.25) is 0 Å². The molecule has 1 atom stereocenters. The largest absolute Gasteiger partial charge is 0.448 e. The van der Waals surface area contributed by atoms with E-state index in [2.05, 4.69) is 54.3 Å². The molecule has 0 spiro atoms. The second-order valence-electron chi connectivity index (χ2n) is 7.05. The van der Waals surface area contributed by atoms with E-state index in [0.29, 0.717) is 12.5 Å². The van der Waals surface area contributed by atoms with Crippen molar-refractivity contribution >= 4 is 6.09 Å². The smallest absolute Gasteiger partial charge is 0.409 e. The summed E-state index contributed by atoms with van der Waals surface area (Å²) < 4.78 is 5.74. The summed E-state index contributed by atoms with van der Waals surface area (Å²) >= 11 is 0. The summed E-state index contributed by atoms with van der Waals surface area (Å²) in [7, 11) is 0. The van der Waals surface area contributed by atoms with E-state index in [1.54, 1.807) is 0 Å². The number of nitrogens with zero attached hydrogens (tertiary/aromatic N) is 1. The van der Waals surface area contributed by atoms with E-state index in [9.17, 15) is 4.79 Å². The van der Waals surface area contributed by atoms with Crippen LogP contribution in [0.15, 0.2) is 48.5 Å². The van der Waals surface area contributed by atoms with Crippen LogP contribution in [0, 0.1) is 5.92 Å². The summed E-state index contributed by atoms with van der Waals surface area (Å²) in [6.45, 7) is 2.86. The molecule has 0 unspecified atom stereocenters. The first-order valence-corrected chi connectivity index (χ1v) is 9.17.